The van der Waals surface area contributed by atoms with E-state index < -0.39 is 9.84 Å². The van der Waals surface area contributed by atoms with E-state index in [1.165, 1.54) is 6.26 Å². The fourth-order valence-electron chi connectivity index (χ4n) is 3.31. The first kappa shape index (κ1) is 18.1. The summed E-state index contributed by atoms with van der Waals surface area (Å²) in [5, 5.41) is 0.581. The third-order valence-electron chi connectivity index (χ3n) is 4.58. The van der Waals surface area contributed by atoms with Crippen LogP contribution in [0.2, 0.25) is 5.02 Å². The molecule has 25 heavy (non-hydrogen) atoms. The molecule has 0 aliphatic carbocycles. The van der Waals surface area contributed by atoms with Crippen LogP contribution in [-0.4, -0.2) is 43.5 Å². The van der Waals surface area contributed by atoms with Crippen molar-refractivity contribution >= 4 is 27.3 Å². The minimum Gasteiger partial charge on any atom is -0.357 e. The fourth-order valence-corrected chi connectivity index (χ4v) is 4.69. The Labute approximate surface area is 154 Å². The largest absolute Gasteiger partial charge is 0.357 e. The molecule has 0 bridgehead atoms. The number of anilines is 1. The smallest absolute Gasteiger partial charge is 0.147 e. The summed E-state index contributed by atoms with van der Waals surface area (Å²) >= 11 is 6.35. The number of hydrogen-bond acceptors (Lipinski definition) is 5. The van der Waals surface area contributed by atoms with Crippen molar-refractivity contribution in [3.8, 4) is 11.3 Å². The second kappa shape index (κ2) is 7.30. The van der Waals surface area contributed by atoms with Gasteiger partial charge in [-0.25, -0.2) is 13.4 Å². The summed E-state index contributed by atoms with van der Waals surface area (Å²) in [5.74, 6) is 1.37. The molecule has 134 valence electrons. The summed E-state index contributed by atoms with van der Waals surface area (Å²) in [4.78, 5) is 11.1. The Kier molecular flexibility index (Phi) is 5.29. The number of pyridine rings is 2. The second-order valence-electron chi connectivity index (χ2n) is 6.71. The molecule has 0 spiro atoms. The summed E-state index contributed by atoms with van der Waals surface area (Å²) in [6, 6.07) is 5.89. The molecule has 0 N–H and O–H groups in total. The van der Waals surface area contributed by atoms with E-state index in [9.17, 15) is 8.42 Å². The quantitative estimate of drug-likeness (QED) is 0.814. The van der Waals surface area contributed by atoms with E-state index in [4.69, 9.17) is 11.6 Å². The Bertz CT molecular complexity index is 862. The van der Waals surface area contributed by atoms with E-state index >= 15 is 0 Å². The minimum atomic E-state index is -2.92. The maximum atomic E-state index is 11.5. The van der Waals surface area contributed by atoms with Crippen LogP contribution >= 0.6 is 11.6 Å². The van der Waals surface area contributed by atoms with Crippen molar-refractivity contribution in [2.45, 2.75) is 19.8 Å². The molecule has 7 heteroatoms. The zero-order valence-electron chi connectivity index (χ0n) is 14.4. The monoisotopic (exact) mass is 379 g/mol. The van der Waals surface area contributed by atoms with Gasteiger partial charge in [-0.2, -0.15) is 0 Å². The third kappa shape index (κ3) is 4.50. The lowest BCUT2D eigenvalue weighted by Gasteiger charge is -2.32. The molecular formula is C18H22ClN3O2S. The van der Waals surface area contributed by atoms with Gasteiger partial charge in [0.05, 0.1) is 16.5 Å². The summed E-state index contributed by atoms with van der Waals surface area (Å²) < 4.78 is 22.9. The van der Waals surface area contributed by atoms with Crippen LogP contribution in [0.25, 0.3) is 11.3 Å². The van der Waals surface area contributed by atoms with Gasteiger partial charge in [-0.3, -0.25) is 4.98 Å². The van der Waals surface area contributed by atoms with Crippen LogP contribution in [0.5, 0.6) is 0 Å². The van der Waals surface area contributed by atoms with Crippen LogP contribution in [0.3, 0.4) is 0 Å². The van der Waals surface area contributed by atoms with Crippen molar-refractivity contribution < 1.29 is 8.42 Å². The Hall–Kier alpha value is -1.66. The van der Waals surface area contributed by atoms with Crippen LogP contribution in [0.4, 0.5) is 5.82 Å². The maximum Gasteiger partial charge on any atom is 0.147 e. The van der Waals surface area contributed by atoms with Gasteiger partial charge in [0.25, 0.3) is 0 Å². The van der Waals surface area contributed by atoms with Crippen LogP contribution < -0.4 is 4.90 Å². The molecule has 1 saturated heterocycles. The number of sulfone groups is 1. The van der Waals surface area contributed by atoms with Gasteiger partial charge in [0.15, 0.2) is 0 Å². The van der Waals surface area contributed by atoms with Gasteiger partial charge in [-0.1, -0.05) is 17.7 Å². The highest BCUT2D eigenvalue weighted by Crippen LogP contribution is 2.32. The van der Waals surface area contributed by atoms with E-state index in [-0.39, 0.29) is 11.7 Å². The summed E-state index contributed by atoms with van der Waals surface area (Å²) in [7, 11) is -2.92. The summed E-state index contributed by atoms with van der Waals surface area (Å²) in [6.45, 7) is 3.61. The molecule has 1 aliphatic heterocycles. The fraction of sp³-hybridized carbons (Fsp3) is 0.444. The third-order valence-corrected chi connectivity index (χ3v) is 5.96. The van der Waals surface area contributed by atoms with Gasteiger partial charge < -0.3 is 4.90 Å². The number of aryl methyl sites for hydroxylation is 1. The molecule has 2 aromatic rings. The van der Waals surface area contributed by atoms with Crippen molar-refractivity contribution in [3.63, 3.8) is 0 Å². The first-order chi connectivity index (χ1) is 11.8. The van der Waals surface area contributed by atoms with E-state index in [0.29, 0.717) is 5.02 Å². The van der Waals surface area contributed by atoms with E-state index in [0.717, 1.165) is 48.6 Å². The summed E-state index contributed by atoms with van der Waals surface area (Å²) in [6.07, 6.45) is 6.45. The lowest BCUT2D eigenvalue weighted by Crippen LogP contribution is -2.36. The van der Waals surface area contributed by atoms with Gasteiger partial charge in [0.1, 0.15) is 15.7 Å². The predicted molar refractivity (Wildman–Crippen MR) is 102 cm³/mol. The van der Waals surface area contributed by atoms with Gasteiger partial charge in [0, 0.05) is 37.3 Å². The minimum absolute atomic E-state index is 0.232. The number of aromatic nitrogens is 2. The van der Waals surface area contributed by atoms with Crippen molar-refractivity contribution in [2.75, 3.05) is 30.0 Å². The normalized spacial score (nSPS) is 16.2. The predicted octanol–water partition coefficient (Wildman–Crippen LogP) is 3.37. The van der Waals surface area contributed by atoms with E-state index in [2.05, 4.69) is 14.9 Å². The van der Waals surface area contributed by atoms with Crippen LogP contribution in [0.1, 0.15) is 18.4 Å². The average Bonchev–Trinajstić information content (AvgIpc) is 2.55. The van der Waals surface area contributed by atoms with Crippen molar-refractivity contribution in [1.82, 2.24) is 9.97 Å². The maximum absolute atomic E-state index is 11.5. The molecule has 0 saturated carbocycles. The van der Waals surface area contributed by atoms with Gasteiger partial charge in [0.2, 0.25) is 0 Å². The topological polar surface area (TPSA) is 63.2 Å². The van der Waals surface area contributed by atoms with Crippen molar-refractivity contribution in [2.24, 2.45) is 5.92 Å². The molecule has 3 heterocycles. The number of piperidine rings is 1. The molecule has 1 fully saturated rings. The van der Waals surface area contributed by atoms with E-state index in [1.54, 1.807) is 12.4 Å². The average molecular weight is 380 g/mol. The van der Waals surface area contributed by atoms with Crippen LogP contribution in [-0.2, 0) is 9.84 Å². The molecule has 0 radical (unpaired) electrons. The van der Waals surface area contributed by atoms with Gasteiger partial charge >= 0.3 is 0 Å². The van der Waals surface area contributed by atoms with Crippen LogP contribution in [0, 0.1) is 12.8 Å². The Morgan fingerprint density at radius 1 is 1.28 bits per heavy atom. The number of rotatable bonds is 4. The zero-order valence-corrected chi connectivity index (χ0v) is 16.0. The first-order valence-corrected chi connectivity index (χ1v) is 10.8. The number of halogens is 1. The molecule has 0 amide bonds. The summed E-state index contributed by atoms with van der Waals surface area (Å²) in [5.41, 5.74) is 2.81. The standard InChI is InChI=1S/C18H22ClN3O2S/c1-13-4-3-7-20-18(13)15-10-17(21-11-16(15)19)22-8-5-14(6-9-22)12-25(2,23)24/h3-4,7,10-11,14H,5-6,8-9,12H2,1-2H3. The molecular weight excluding hydrogens is 358 g/mol. The molecule has 5 nitrogen and oxygen atoms in total. The molecule has 0 unspecified atom stereocenters. The lowest BCUT2D eigenvalue weighted by molar-refractivity contribution is 0.435. The Balaban J connectivity index is 1.79. The second-order valence-corrected chi connectivity index (χ2v) is 9.31. The number of hydrogen-bond donors (Lipinski definition) is 0. The SMILES string of the molecule is Cc1cccnc1-c1cc(N2CCC(CS(C)(=O)=O)CC2)ncc1Cl. The molecule has 3 rings (SSSR count). The van der Waals surface area contributed by atoms with Crippen molar-refractivity contribution in [3.05, 3.63) is 41.2 Å². The highest BCUT2D eigenvalue weighted by atomic mass is 35.5. The first-order valence-electron chi connectivity index (χ1n) is 8.34. The van der Waals surface area contributed by atoms with Crippen LogP contribution in [0.15, 0.2) is 30.6 Å². The van der Waals surface area contributed by atoms with Crippen molar-refractivity contribution in [1.29, 1.82) is 0 Å². The highest BCUT2D eigenvalue weighted by molar-refractivity contribution is 7.90. The highest BCUT2D eigenvalue weighted by Gasteiger charge is 2.23. The molecule has 1 aliphatic rings. The molecule has 0 aromatic carbocycles. The lowest BCUT2D eigenvalue weighted by atomic mass is 9.99. The Morgan fingerprint density at radius 2 is 2.00 bits per heavy atom. The number of nitrogens with zero attached hydrogens (tertiary/aromatic N) is 3. The van der Waals surface area contributed by atoms with Gasteiger partial charge in [-0.15, -0.1) is 0 Å². The zero-order chi connectivity index (χ0) is 18.0. The van der Waals surface area contributed by atoms with Gasteiger partial charge in [-0.05, 0) is 43.4 Å². The Morgan fingerprint density at radius 3 is 2.64 bits per heavy atom. The molecule has 0 atom stereocenters. The van der Waals surface area contributed by atoms with E-state index in [1.807, 2.05) is 25.1 Å². The molecule has 2 aromatic heterocycles.